The van der Waals surface area contributed by atoms with Gasteiger partial charge in [-0.05, 0) is 13.0 Å². The van der Waals surface area contributed by atoms with Gasteiger partial charge in [0.15, 0.2) is 0 Å². The fourth-order valence-electron chi connectivity index (χ4n) is 1.44. The number of rotatable bonds is 1. The molecule has 2 rings (SSSR count). The second kappa shape index (κ2) is 3.00. The van der Waals surface area contributed by atoms with Crippen LogP contribution in [0.4, 0.5) is 5.69 Å². The Labute approximate surface area is 80.8 Å². The van der Waals surface area contributed by atoms with E-state index in [1.807, 2.05) is 19.1 Å². The number of hydrogen-bond acceptors (Lipinski definition) is 2. The highest BCUT2D eigenvalue weighted by atomic mass is 35.5. The third kappa shape index (κ3) is 1.29. The molecule has 1 heterocycles. The van der Waals surface area contributed by atoms with Crippen LogP contribution in [0, 0.1) is 4.91 Å². The van der Waals surface area contributed by atoms with Gasteiger partial charge in [-0.1, -0.05) is 12.1 Å². The summed E-state index contributed by atoms with van der Waals surface area (Å²) in [6.07, 6.45) is -0.324. The largest absolute Gasteiger partial charge is 0.324 e. The highest BCUT2D eigenvalue weighted by Gasteiger charge is 2.41. The lowest BCUT2D eigenvalue weighted by atomic mass is 10.1. The maximum absolute atomic E-state index is 11.2. The molecule has 3 nitrogen and oxygen atoms in total. The molecule has 1 aromatic carbocycles. The maximum atomic E-state index is 11.2. The third-order valence-electron chi connectivity index (χ3n) is 2.07. The van der Waals surface area contributed by atoms with E-state index in [4.69, 9.17) is 16.4 Å². The summed E-state index contributed by atoms with van der Waals surface area (Å²) >= 11 is 5.89. The molecule has 13 heavy (non-hydrogen) atoms. The number of para-hydroxylation sites is 1. The van der Waals surface area contributed by atoms with E-state index < -0.39 is 0 Å². The van der Waals surface area contributed by atoms with Crippen LogP contribution in [0.5, 0.6) is 0 Å². The number of nitrogens with zero attached hydrogens (tertiary/aromatic N) is 1. The van der Waals surface area contributed by atoms with E-state index >= 15 is 0 Å². The number of hydrogen-bond donors (Lipinski definition) is 0. The van der Waals surface area contributed by atoms with Crippen molar-refractivity contribution in [3.05, 3.63) is 34.7 Å². The molecule has 0 fully saturated rings. The first kappa shape index (κ1) is 8.51. The molecule has 0 aromatic heterocycles. The minimum absolute atomic E-state index is 0.208. The van der Waals surface area contributed by atoms with Gasteiger partial charge in [-0.2, -0.15) is 0 Å². The number of alkyl halides is 1. The predicted molar refractivity (Wildman–Crippen MR) is 48.9 cm³/mol. The summed E-state index contributed by atoms with van der Waals surface area (Å²) in [7, 11) is 0. The Morgan fingerprint density at radius 3 is 2.92 bits per heavy atom. The van der Waals surface area contributed by atoms with Crippen LogP contribution in [-0.2, 0) is 4.84 Å². The van der Waals surface area contributed by atoms with Gasteiger partial charge in [0.2, 0.25) is 6.10 Å². The molecule has 0 saturated heterocycles. The molecule has 0 unspecified atom stereocenters. The van der Waals surface area contributed by atoms with Crippen LogP contribution in [0.1, 0.15) is 18.6 Å². The molecule has 0 amide bonds. The summed E-state index contributed by atoms with van der Waals surface area (Å²) < 4.78 is 0. The van der Waals surface area contributed by atoms with E-state index in [-0.39, 0.29) is 11.5 Å². The first-order valence-corrected chi connectivity index (χ1v) is 4.51. The molecule has 1 aliphatic rings. The number of benzene rings is 1. The Morgan fingerprint density at radius 2 is 2.23 bits per heavy atom. The second-order valence-electron chi connectivity index (χ2n) is 3.02. The monoisotopic (exact) mass is 198 g/mol. The molecule has 0 N–H and O–H groups in total. The Balaban J connectivity index is 2.47. The molecule has 4 heteroatoms. The smallest absolute Gasteiger partial charge is 0.217 e. The normalized spacial score (nSPS) is 22.3. The summed E-state index contributed by atoms with van der Waals surface area (Å²) in [5, 5.41) is -0.208. The molecule has 0 spiro atoms. The predicted octanol–water partition coefficient (Wildman–Crippen LogP) is 2.71. The molecule has 68 valence electrons. The van der Waals surface area contributed by atoms with E-state index in [1.165, 1.54) is 0 Å². The van der Waals surface area contributed by atoms with E-state index in [1.54, 1.807) is 12.1 Å². The summed E-state index contributed by atoms with van der Waals surface area (Å²) in [6, 6.07) is 7.25. The van der Waals surface area contributed by atoms with Gasteiger partial charge in [0.1, 0.15) is 0 Å². The zero-order valence-corrected chi connectivity index (χ0v) is 7.86. The van der Waals surface area contributed by atoms with Crippen molar-refractivity contribution in [1.82, 2.24) is 0 Å². The van der Waals surface area contributed by atoms with Crippen molar-refractivity contribution in [3.63, 3.8) is 0 Å². The molecule has 0 radical (unpaired) electrons. The molecule has 0 bridgehead atoms. The first-order chi connectivity index (χ1) is 6.20. The van der Waals surface area contributed by atoms with Gasteiger partial charge >= 0.3 is 5.69 Å². The van der Waals surface area contributed by atoms with Gasteiger partial charge in [0, 0.05) is 6.07 Å². The van der Waals surface area contributed by atoms with Crippen molar-refractivity contribution >= 4 is 17.3 Å². The zero-order valence-electron chi connectivity index (χ0n) is 7.11. The fourth-order valence-corrected chi connectivity index (χ4v) is 1.62. The molecular formula is C9H9ClNO2+. The van der Waals surface area contributed by atoms with Crippen molar-refractivity contribution in [2.24, 2.45) is 0 Å². The van der Waals surface area contributed by atoms with Gasteiger partial charge in [-0.25, -0.2) is 4.84 Å². The van der Waals surface area contributed by atoms with Crippen molar-refractivity contribution < 1.29 is 9.76 Å². The summed E-state index contributed by atoms with van der Waals surface area (Å²) in [5.74, 6) is 0. The SMILES string of the molecule is C[C@@H](Cl)[C@@H]1O[N+](=O)c2ccccc21. The summed E-state index contributed by atoms with van der Waals surface area (Å²) in [6.45, 7) is 1.81. The lowest BCUT2D eigenvalue weighted by Crippen LogP contribution is -2.09. The Bertz CT molecular complexity index is 351. The van der Waals surface area contributed by atoms with Crippen molar-refractivity contribution in [2.45, 2.75) is 18.4 Å². The Hall–Kier alpha value is -1.09. The van der Waals surface area contributed by atoms with Crippen LogP contribution in [0.25, 0.3) is 0 Å². The molecule has 1 aromatic rings. The van der Waals surface area contributed by atoms with Crippen LogP contribution in [0.15, 0.2) is 24.3 Å². The number of halogens is 1. The molecule has 2 atom stereocenters. The average Bonchev–Trinajstić information content (AvgIpc) is 2.45. The molecule has 1 aliphatic heterocycles. The fraction of sp³-hybridized carbons (Fsp3) is 0.333. The van der Waals surface area contributed by atoms with Crippen LogP contribution in [-0.4, -0.2) is 10.3 Å². The van der Waals surface area contributed by atoms with Crippen molar-refractivity contribution in [3.8, 4) is 0 Å². The second-order valence-corrected chi connectivity index (χ2v) is 3.71. The molecular weight excluding hydrogens is 190 g/mol. The average molecular weight is 199 g/mol. The van der Waals surface area contributed by atoms with Gasteiger partial charge in [0.25, 0.3) is 4.92 Å². The van der Waals surface area contributed by atoms with Crippen LogP contribution >= 0.6 is 11.6 Å². The minimum atomic E-state index is -0.324. The van der Waals surface area contributed by atoms with Gasteiger partial charge in [0.05, 0.1) is 15.8 Å². The van der Waals surface area contributed by atoms with Gasteiger partial charge in [-0.15, -0.1) is 11.6 Å². The zero-order chi connectivity index (χ0) is 9.42. The molecule has 0 saturated carbocycles. The Kier molecular flexibility index (Phi) is 1.96. The van der Waals surface area contributed by atoms with Crippen molar-refractivity contribution in [1.29, 1.82) is 0 Å². The standard InChI is InChI=1S/C9H9ClNO2/c1-6(10)9-7-4-2-3-5-8(7)11(12)13-9/h2-6,9H,1H3/q+1/t6-,9+/m1/s1. The van der Waals surface area contributed by atoms with Gasteiger partial charge < -0.3 is 0 Å². The lowest BCUT2D eigenvalue weighted by molar-refractivity contribution is -0.745. The van der Waals surface area contributed by atoms with E-state index in [0.29, 0.717) is 10.6 Å². The molecule has 0 aliphatic carbocycles. The van der Waals surface area contributed by atoms with Crippen LogP contribution in [0.3, 0.4) is 0 Å². The van der Waals surface area contributed by atoms with Crippen molar-refractivity contribution in [2.75, 3.05) is 0 Å². The topological polar surface area (TPSA) is 29.3 Å². The summed E-state index contributed by atoms with van der Waals surface area (Å²) in [5.41, 5.74) is 1.42. The van der Waals surface area contributed by atoms with Gasteiger partial charge in [-0.3, -0.25) is 0 Å². The highest BCUT2D eigenvalue weighted by Crippen LogP contribution is 2.38. The lowest BCUT2D eigenvalue weighted by Gasteiger charge is -2.04. The van der Waals surface area contributed by atoms with Crippen LogP contribution in [0.2, 0.25) is 0 Å². The first-order valence-electron chi connectivity index (χ1n) is 4.07. The maximum Gasteiger partial charge on any atom is 0.324 e. The van der Waals surface area contributed by atoms with E-state index in [2.05, 4.69) is 0 Å². The number of fused-ring (bicyclic) bond motifs is 1. The summed E-state index contributed by atoms with van der Waals surface area (Å²) in [4.78, 5) is 16.8. The van der Waals surface area contributed by atoms with E-state index in [0.717, 1.165) is 5.56 Å². The highest BCUT2D eigenvalue weighted by molar-refractivity contribution is 6.20. The Morgan fingerprint density at radius 1 is 1.54 bits per heavy atom. The van der Waals surface area contributed by atoms with Crippen LogP contribution < -0.4 is 0 Å². The third-order valence-corrected chi connectivity index (χ3v) is 2.30. The minimum Gasteiger partial charge on any atom is -0.217 e. The quantitative estimate of drug-likeness (QED) is 0.650. The van der Waals surface area contributed by atoms with E-state index in [9.17, 15) is 4.91 Å².